The van der Waals surface area contributed by atoms with Crippen molar-refractivity contribution in [2.45, 2.75) is 13.8 Å². The number of benzene rings is 1. The largest absolute Gasteiger partial charge is 0.490 e. The number of esters is 1. The van der Waals surface area contributed by atoms with Crippen LogP contribution in [0, 0.1) is 0 Å². The molecule has 0 heterocycles. The Morgan fingerprint density at radius 3 is 2.45 bits per heavy atom. The van der Waals surface area contributed by atoms with Gasteiger partial charge in [0.05, 0.1) is 23.8 Å². The minimum atomic E-state index is -1.13. The molecule has 0 unspecified atom stereocenters. The van der Waals surface area contributed by atoms with Gasteiger partial charge in [-0.15, -0.1) is 0 Å². The smallest absolute Gasteiger partial charge is 0.344 e. The van der Waals surface area contributed by atoms with Crippen LogP contribution in [-0.2, 0) is 9.53 Å². The van der Waals surface area contributed by atoms with Gasteiger partial charge in [0.15, 0.2) is 18.1 Å². The number of carboxylic acids is 1. The number of aromatic carboxylic acids is 1. The van der Waals surface area contributed by atoms with Crippen LogP contribution in [-0.4, -0.2) is 36.9 Å². The van der Waals surface area contributed by atoms with E-state index in [1.165, 1.54) is 12.1 Å². The number of carbonyl (C=O) groups is 2. The molecule has 0 aliphatic heterocycles. The molecule has 0 spiro atoms. The number of hydrogen-bond acceptors (Lipinski definition) is 5. The third-order valence-electron chi connectivity index (χ3n) is 2.20. The summed E-state index contributed by atoms with van der Waals surface area (Å²) in [7, 11) is 0. The van der Waals surface area contributed by atoms with Crippen LogP contribution < -0.4 is 9.47 Å². The zero-order chi connectivity index (χ0) is 15.1. The van der Waals surface area contributed by atoms with Gasteiger partial charge in [-0.05, 0) is 26.0 Å². The van der Waals surface area contributed by atoms with Crippen molar-refractivity contribution in [1.29, 1.82) is 0 Å². The molecule has 1 aromatic carbocycles. The molecule has 0 atom stereocenters. The molecular weight excluding hydrogens is 288 g/mol. The Labute approximate surface area is 121 Å². The zero-order valence-electron chi connectivity index (χ0n) is 11.1. The lowest BCUT2D eigenvalue weighted by molar-refractivity contribution is -0.145. The lowest BCUT2D eigenvalue weighted by Crippen LogP contribution is -2.15. The first kappa shape index (κ1) is 16.1. The highest BCUT2D eigenvalue weighted by Crippen LogP contribution is 2.36. The van der Waals surface area contributed by atoms with Gasteiger partial charge in [0.1, 0.15) is 0 Å². The quantitative estimate of drug-likeness (QED) is 0.779. The molecule has 7 heteroatoms. The van der Waals surface area contributed by atoms with E-state index in [4.69, 9.17) is 30.9 Å². The average molecular weight is 303 g/mol. The van der Waals surface area contributed by atoms with Crippen LogP contribution in [0.5, 0.6) is 11.5 Å². The Balaban J connectivity index is 2.98. The summed E-state index contributed by atoms with van der Waals surface area (Å²) in [6.45, 7) is 3.62. The van der Waals surface area contributed by atoms with E-state index in [1.54, 1.807) is 13.8 Å². The van der Waals surface area contributed by atoms with Crippen molar-refractivity contribution in [2.24, 2.45) is 0 Å². The van der Waals surface area contributed by atoms with Gasteiger partial charge in [-0.3, -0.25) is 0 Å². The van der Waals surface area contributed by atoms with Crippen LogP contribution >= 0.6 is 11.6 Å². The van der Waals surface area contributed by atoms with Crippen LogP contribution in [0.2, 0.25) is 5.02 Å². The maximum absolute atomic E-state index is 11.2. The summed E-state index contributed by atoms with van der Waals surface area (Å²) in [5.41, 5.74) is -0.0260. The van der Waals surface area contributed by atoms with Crippen LogP contribution in [0.3, 0.4) is 0 Å². The summed E-state index contributed by atoms with van der Waals surface area (Å²) in [6.07, 6.45) is 0. The predicted molar refractivity (Wildman–Crippen MR) is 71.7 cm³/mol. The molecule has 20 heavy (non-hydrogen) atoms. The van der Waals surface area contributed by atoms with E-state index in [1.807, 2.05) is 0 Å². The maximum atomic E-state index is 11.2. The van der Waals surface area contributed by atoms with Crippen molar-refractivity contribution in [3.63, 3.8) is 0 Å². The molecule has 0 radical (unpaired) electrons. The van der Waals surface area contributed by atoms with Crippen molar-refractivity contribution in [1.82, 2.24) is 0 Å². The summed E-state index contributed by atoms with van der Waals surface area (Å²) >= 11 is 5.95. The average Bonchev–Trinajstić information content (AvgIpc) is 2.38. The molecule has 0 aromatic heterocycles. The van der Waals surface area contributed by atoms with E-state index in [9.17, 15) is 9.59 Å². The number of halogens is 1. The van der Waals surface area contributed by atoms with Crippen molar-refractivity contribution in [3.05, 3.63) is 22.7 Å². The van der Waals surface area contributed by atoms with Gasteiger partial charge in [-0.2, -0.15) is 0 Å². The minimum Gasteiger partial charge on any atom is -0.490 e. The highest BCUT2D eigenvalue weighted by Gasteiger charge is 2.17. The molecular formula is C13H15ClO6. The normalized spacial score (nSPS) is 9.95. The van der Waals surface area contributed by atoms with Crippen molar-refractivity contribution in [3.8, 4) is 11.5 Å². The molecule has 0 saturated heterocycles. The van der Waals surface area contributed by atoms with Gasteiger partial charge in [0.2, 0.25) is 0 Å². The summed E-state index contributed by atoms with van der Waals surface area (Å²) in [5.74, 6) is -1.40. The fraction of sp³-hybridized carbons (Fsp3) is 0.385. The SMILES string of the molecule is CCOC(=O)COc1c(Cl)cc(C(=O)O)cc1OCC. The van der Waals surface area contributed by atoms with E-state index in [-0.39, 0.29) is 35.3 Å². The van der Waals surface area contributed by atoms with Gasteiger partial charge in [0.25, 0.3) is 0 Å². The van der Waals surface area contributed by atoms with Crippen LogP contribution in [0.15, 0.2) is 12.1 Å². The maximum Gasteiger partial charge on any atom is 0.344 e. The molecule has 110 valence electrons. The van der Waals surface area contributed by atoms with E-state index in [2.05, 4.69) is 0 Å². The Hall–Kier alpha value is -1.95. The highest BCUT2D eigenvalue weighted by atomic mass is 35.5. The van der Waals surface area contributed by atoms with Crippen LogP contribution in [0.25, 0.3) is 0 Å². The van der Waals surface area contributed by atoms with Crippen molar-refractivity contribution in [2.75, 3.05) is 19.8 Å². The Bertz CT molecular complexity index is 500. The van der Waals surface area contributed by atoms with E-state index in [0.717, 1.165) is 0 Å². The second-order valence-corrected chi connectivity index (χ2v) is 4.02. The molecule has 0 amide bonds. The van der Waals surface area contributed by atoms with Gasteiger partial charge in [-0.25, -0.2) is 9.59 Å². The first-order valence-corrected chi connectivity index (χ1v) is 6.35. The van der Waals surface area contributed by atoms with Gasteiger partial charge in [-0.1, -0.05) is 11.6 Å². The number of ether oxygens (including phenoxy) is 3. The third kappa shape index (κ3) is 4.31. The monoisotopic (exact) mass is 302 g/mol. The standard InChI is InChI=1S/C13H15ClO6/c1-3-18-10-6-8(13(16)17)5-9(14)12(10)20-7-11(15)19-4-2/h5-6H,3-4,7H2,1-2H3,(H,16,17). The number of carboxylic acid groups (broad SMARTS) is 1. The molecule has 0 saturated carbocycles. The number of carbonyl (C=O) groups excluding carboxylic acids is 1. The summed E-state index contributed by atoms with van der Waals surface area (Å²) in [4.78, 5) is 22.2. The van der Waals surface area contributed by atoms with Crippen LogP contribution in [0.4, 0.5) is 0 Å². The summed E-state index contributed by atoms with van der Waals surface area (Å²) in [6, 6.07) is 2.52. The minimum absolute atomic E-state index is 0.0260. The molecule has 0 bridgehead atoms. The Kier molecular flexibility index (Phi) is 6.11. The zero-order valence-corrected chi connectivity index (χ0v) is 11.9. The Morgan fingerprint density at radius 1 is 1.20 bits per heavy atom. The first-order chi connectivity index (χ1) is 9.49. The lowest BCUT2D eigenvalue weighted by Gasteiger charge is -2.13. The van der Waals surface area contributed by atoms with Crippen LogP contribution in [0.1, 0.15) is 24.2 Å². The first-order valence-electron chi connectivity index (χ1n) is 5.97. The number of rotatable bonds is 7. The number of hydrogen-bond donors (Lipinski definition) is 1. The van der Waals surface area contributed by atoms with E-state index < -0.39 is 11.9 Å². The van der Waals surface area contributed by atoms with E-state index in [0.29, 0.717) is 6.61 Å². The lowest BCUT2D eigenvalue weighted by atomic mass is 10.2. The third-order valence-corrected chi connectivity index (χ3v) is 2.48. The second kappa shape index (κ2) is 7.59. The molecule has 0 fully saturated rings. The van der Waals surface area contributed by atoms with Crippen molar-refractivity contribution < 1.29 is 28.9 Å². The summed E-state index contributed by atoms with van der Waals surface area (Å²) in [5, 5.41) is 9.01. The molecule has 6 nitrogen and oxygen atoms in total. The Morgan fingerprint density at radius 2 is 1.90 bits per heavy atom. The van der Waals surface area contributed by atoms with Gasteiger partial charge < -0.3 is 19.3 Å². The molecule has 0 aliphatic rings. The molecule has 1 aromatic rings. The van der Waals surface area contributed by atoms with Gasteiger partial charge in [0, 0.05) is 0 Å². The van der Waals surface area contributed by atoms with Gasteiger partial charge >= 0.3 is 11.9 Å². The highest BCUT2D eigenvalue weighted by molar-refractivity contribution is 6.32. The predicted octanol–water partition coefficient (Wildman–Crippen LogP) is 2.38. The van der Waals surface area contributed by atoms with E-state index >= 15 is 0 Å². The molecule has 0 aliphatic carbocycles. The molecule has 1 rings (SSSR count). The fourth-order valence-corrected chi connectivity index (χ4v) is 1.69. The topological polar surface area (TPSA) is 82.1 Å². The second-order valence-electron chi connectivity index (χ2n) is 3.62. The fourth-order valence-electron chi connectivity index (χ4n) is 1.43. The summed E-state index contributed by atoms with van der Waals surface area (Å²) < 4.78 is 15.2. The van der Waals surface area contributed by atoms with Crippen molar-refractivity contribution >= 4 is 23.5 Å². The molecule has 1 N–H and O–H groups in total.